The predicted octanol–water partition coefficient (Wildman–Crippen LogP) is 3.04. The Kier molecular flexibility index (Phi) is 3.56. The van der Waals surface area contributed by atoms with Gasteiger partial charge in [0.25, 0.3) is 5.91 Å². The van der Waals surface area contributed by atoms with Crippen LogP contribution in [0.5, 0.6) is 0 Å². The molecule has 0 saturated heterocycles. The third-order valence-electron chi connectivity index (χ3n) is 1.93. The zero-order valence-electron chi connectivity index (χ0n) is 8.52. The molecule has 1 N–H and O–H groups in total. The largest absolute Gasteiger partial charge is 0.320 e. The Morgan fingerprint density at radius 1 is 1.18 bits per heavy atom. The molecule has 1 aromatic carbocycles. The van der Waals surface area contributed by atoms with E-state index in [1.807, 2.05) is 0 Å². The number of nitrogens with zero attached hydrogens (tertiary/aromatic N) is 2. The molecular weight excluding hydrogens is 261 g/mol. The molecule has 86 valence electrons. The van der Waals surface area contributed by atoms with Crippen LogP contribution in [0, 0.1) is 0 Å². The first kappa shape index (κ1) is 11.8. The average molecular weight is 268 g/mol. The molecule has 0 fully saturated rings. The number of aromatic nitrogens is 2. The average Bonchev–Trinajstić information content (AvgIpc) is 2.28. The van der Waals surface area contributed by atoms with E-state index in [2.05, 4.69) is 15.5 Å². The highest BCUT2D eigenvalue weighted by Crippen LogP contribution is 2.22. The number of rotatable bonds is 2. The minimum Gasteiger partial charge on any atom is -0.320 e. The molecule has 1 heterocycles. The van der Waals surface area contributed by atoms with Gasteiger partial charge >= 0.3 is 0 Å². The van der Waals surface area contributed by atoms with Crippen LogP contribution in [-0.2, 0) is 0 Å². The van der Waals surface area contributed by atoms with Crippen LogP contribution in [0.25, 0.3) is 0 Å². The molecule has 0 bridgehead atoms. The number of anilines is 1. The standard InChI is InChI=1S/C11H7Cl2N3O/c12-7-4-8(13)6-9(5-7)15-11(17)10-2-1-3-14-16-10/h1-6H,(H,15,17). The van der Waals surface area contributed by atoms with Crippen molar-refractivity contribution < 1.29 is 4.79 Å². The zero-order chi connectivity index (χ0) is 12.3. The fourth-order valence-corrected chi connectivity index (χ4v) is 1.77. The van der Waals surface area contributed by atoms with Crippen molar-refractivity contribution in [2.75, 3.05) is 5.32 Å². The Labute approximate surface area is 108 Å². The van der Waals surface area contributed by atoms with Crippen molar-refractivity contribution in [1.29, 1.82) is 0 Å². The summed E-state index contributed by atoms with van der Waals surface area (Å²) < 4.78 is 0. The van der Waals surface area contributed by atoms with E-state index in [0.717, 1.165) is 0 Å². The van der Waals surface area contributed by atoms with Gasteiger partial charge in [-0.1, -0.05) is 23.2 Å². The maximum Gasteiger partial charge on any atom is 0.276 e. The van der Waals surface area contributed by atoms with Crippen LogP contribution in [-0.4, -0.2) is 16.1 Å². The van der Waals surface area contributed by atoms with Gasteiger partial charge in [-0.25, -0.2) is 0 Å². The first-order valence-corrected chi connectivity index (χ1v) is 5.46. The quantitative estimate of drug-likeness (QED) is 0.910. The van der Waals surface area contributed by atoms with E-state index in [1.54, 1.807) is 30.3 Å². The topological polar surface area (TPSA) is 54.9 Å². The van der Waals surface area contributed by atoms with Gasteiger partial charge in [-0.05, 0) is 30.3 Å². The monoisotopic (exact) mass is 267 g/mol. The Morgan fingerprint density at radius 2 is 1.88 bits per heavy atom. The van der Waals surface area contributed by atoms with Gasteiger partial charge in [0.05, 0.1) is 0 Å². The summed E-state index contributed by atoms with van der Waals surface area (Å²) in [4.78, 5) is 11.7. The Morgan fingerprint density at radius 3 is 2.47 bits per heavy atom. The number of benzene rings is 1. The molecule has 0 aliphatic rings. The van der Waals surface area contributed by atoms with Crippen LogP contribution in [0.3, 0.4) is 0 Å². The van der Waals surface area contributed by atoms with E-state index < -0.39 is 0 Å². The van der Waals surface area contributed by atoms with E-state index in [-0.39, 0.29) is 11.6 Å². The highest BCUT2D eigenvalue weighted by Gasteiger charge is 2.08. The molecule has 0 aliphatic carbocycles. The molecule has 0 spiro atoms. The van der Waals surface area contributed by atoms with Crippen LogP contribution in [0.15, 0.2) is 36.5 Å². The van der Waals surface area contributed by atoms with Gasteiger partial charge in [-0.2, -0.15) is 5.10 Å². The highest BCUT2D eigenvalue weighted by molar-refractivity contribution is 6.35. The molecule has 4 nitrogen and oxygen atoms in total. The van der Waals surface area contributed by atoms with Crippen LogP contribution in [0.4, 0.5) is 5.69 Å². The lowest BCUT2D eigenvalue weighted by Crippen LogP contribution is -2.13. The van der Waals surface area contributed by atoms with Gasteiger partial charge in [0, 0.05) is 21.9 Å². The summed E-state index contributed by atoms with van der Waals surface area (Å²) in [7, 11) is 0. The van der Waals surface area contributed by atoms with Gasteiger partial charge in [0.15, 0.2) is 5.69 Å². The second kappa shape index (κ2) is 5.12. The number of halogens is 2. The minimum atomic E-state index is -0.364. The zero-order valence-corrected chi connectivity index (χ0v) is 10.0. The molecule has 6 heteroatoms. The lowest BCUT2D eigenvalue weighted by Gasteiger charge is -2.05. The van der Waals surface area contributed by atoms with Gasteiger partial charge < -0.3 is 5.32 Å². The summed E-state index contributed by atoms with van der Waals surface area (Å²) in [6.45, 7) is 0. The summed E-state index contributed by atoms with van der Waals surface area (Å²) in [5, 5.41) is 10.8. The second-order valence-corrected chi connectivity index (χ2v) is 4.09. The maximum atomic E-state index is 11.7. The van der Waals surface area contributed by atoms with E-state index in [1.165, 1.54) is 6.20 Å². The second-order valence-electron chi connectivity index (χ2n) is 3.22. The molecule has 2 aromatic rings. The molecule has 0 saturated carbocycles. The van der Waals surface area contributed by atoms with Crippen LogP contribution in [0.2, 0.25) is 10.0 Å². The lowest BCUT2D eigenvalue weighted by atomic mass is 10.3. The summed E-state index contributed by atoms with van der Waals surface area (Å²) in [5.74, 6) is -0.364. The molecular formula is C11H7Cl2N3O. The van der Waals surface area contributed by atoms with Crippen molar-refractivity contribution in [1.82, 2.24) is 10.2 Å². The summed E-state index contributed by atoms with van der Waals surface area (Å²) in [5.41, 5.74) is 0.738. The molecule has 0 atom stereocenters. The van der Waals surface area contributed by atoms with Gasteiger partial charge in [-0.3, -0.25) is 4.79 Å². The normalized spacial score (nSPS) is 10.0. The third kappa shape index (κ3) is 3.15. The molecule has 1 amide bonds. The molecule has 1 aromatic heterocycles. The smallest absolute Gasteiger partial charge is 0.276 e. The van der Waals surface area contributed by atoms with Gasteiger partial charge in [-0.15, -0.1) is 5.10 Å². The number of carbonyl (C=O) groups excluding carboxylic acids is 1. The van der Waals surface area contributed by atoms with Crippen molar-refractivity contribution in [3.8, 4) is 0 Å². The van der Waals surface area contributed by atoms with E-state index >= 15 is 0 Å². The maximum absolute atomic E-state index is 11.7. The van der Waals surface area contributed by atoms with E-state index in [4.69, 9.17) is 23.2 Å². The SMILES string of the molecule is O=C(Nc1cc(Cl)cc(Cl)c1)c1cccnn1. The Bertz CT molecular complexity index is 525. The fourth-order valence-electron chi connectivity index (χ4n) is 1.24. The van der Waals surface area contributed by atoms with E-state index in [0.29, 0.717) is 15.7 Å². The Hall–Kier alpha value is -1.65. The third-order valence-corrected chi connectivity index (χ3v) is 2.36. The number of hydrogen-bond acceptors (Lipinski definition) is 3. The minimum absolute atomic E-state index is 0.226. The van der Waals surface area contributed by atoms with Crippen LogP contribution in [0.1, 0.15) is 10.5 Å². The lowest BCUT2D eigenvalue weighted by molar-refractivity contribution is 0.102. The highest BCUT2D eigenvalue weighted by atomic mass is 35.5. The van der Waals surface area contributed by atoms with Crippen LogP contribution < -0.4 is 5.32 Å². The van der Waals surface area contributed by atoms with Gasteiger partial charge in [0.2, 0.25) is 0 Å². The van der Waals surface area contributed by atoms with Crippen molar-refractivity contribution in [3.63, 3.8) is 0 Å². The van der Waals surface area contributed by atoms with Crippen molar-refractivity contribution in [3.05, 3.63) is 52.3 Å². The number of nitrogens with one attached hydrogen (secondary N) is 1. The van der Waals surface area contributed by atoms with E-state index in [9.17, 15) is 4.79 Å². The van der Waals surface area contributed by atoms with Crippen molar-refractivity contribution >= 4 is 34.8 Å². The fraction of sp³-hybridized carbons (Fsp3) is 0. The first-order chi connectivity index (χ1) is 8.15. The van der Waals surface area contributed by atoms with Gasteiger partial charge in [0.1, 0.15) is 0 Å². The van der Waals surface area contributed by atoms with Crippen molar-refractivity contribution in [2.45, 2.75) is 0 Å². The predicted molar refractivity (Wildman–Crippen MR) is 66.4 cm³/mol. The summed E-state index contributed by atoms with van der Waals surface area (Å²) >= 11 is 11.6. The number of amides is 1. The molecule has 2 rings (SSSR count). The molecule has 0 unspecified atom stereocenters. The number of hydrogen-bond donors (Lipinski definition) is 1. The molecule has 17 heavy (non-hydrogen) atoms. The van der Waals surface area contributed by atoms with Crippen molar-refractivity contribution in [2.24, 2.45) is 0 Å². The molecule has 0 aliphatic heterocycles. The summed E-state index contributed by atoms with van der Waals surface area (Å²) in [6.07, 6.45) is 1.49. The Balaban J connectivity index is 2.19. The summed E-state index contributed by atoms with van der Waals surface area (Å²) in [6, 6.07) is 7.98. The van der Waals surface area contributed by atoms with Crippen LogP contribution >= 0.6 is 23.2 Å². The number of carbonyl (C=O) groups is 1. The first-order valence-electron chi connectivity index (χ1n) is 4.70. The molecule has 0 radical (unpaired) electrons.